The van der Waals surface area contributed by atoms with Crippen molar-refractivity contribution in [3.05, 3.63) is 88.2 Å². The lowest BCUT2D eigenvalue weighted by Crippen LogP contribution is -2.02. The maximum Gasteiger partial charge on any atom is 0.335 e. The zero-order chi connectivity index (χ0) is 18.5. The summed E-state index contributed by atoms with van der Waals surface area (Å²) in [6.45, 7) is 0. The third kappa shape index (κ3) is 3.89. The Hall–Kier alpha value is -3.19. The van der Waals surface area contributed by atoms with Crippen LogP contribution in [0, 0.1) is 10.1 Å². The van der Waals surface area contributed by atoms with Gasteiger partial charge in [0.05, 0.1) is 21.7 Å². The Bertz CT molecular complexity index is 947. The summed E-state index contributed by atoms with van der Waals surface area (Å²) in [6, 6.07) is 17.0. The predicted octanol–water partition coefficient (Wildman–Crippen LogP) is 4.65. The number of carboxylic acid groups (broad SMARTS) is 1. The van der Waals surface area contributed by atoms with E-state index in [0.717, 1.165) is 11.8 Å². The van der Waals surface area contributed by atoms with Crippen LogP contribution in [0.5, 0.6) is 0 Å². The zero-order valence-electron chi connectivity index (χ0n) is 13.5. The molecule has 0 aliphatic heterocycles. The number of nitrogens with zero attached hydrogens (tertiary/aromatic N) is 2. The van der Waals surface area contributed by atoms with Crippen LogP contribution in [0.1, 0.15) is 16.1 Å². The van der Waals surface area contributed by atoms with Gasteiger partial charge < -0.3 is 5.11 Å². The number of carboxylic acids is 1. The molecule has 0 bridgehead atoms. The van der Waals surface area contributed by atoms with Gasteiger partial charge in [0.2, 0.25) is 0 Å². The van der Waals surface area contributed by atoms with Gasteiger partial charge in [-0.05, 0) is 23.8 Å². The summed E-state index contributed by atoms with van der Waals surface area (Å²) in [6.07, 6.45) is 1.67. The minimum atomic E-state index is -1.20. The molecule has 26 heavy (non-hydrogen) atoms. The summed E-state index contributed by atoms with van der Waals surface area (Å²) >= 11 is 1.33. The highest BCUT2D eigenvalue weighted by Crippen LogP contribution is 2.40. The molecule has 0 radical (unpaired) electrons. The summed E-state index contributed by atoms with van der Waals surface area (Å²) in [4.78, 5) is 27.2. The highest BCUT2D eigenvalue weighted by molar-refractivity contribution is 7.98. The number of aromatic carboxylic acids is 1. The molecule has 0 unspecified atom stereocenters. The van der Waals surface area contributed by atoms with E-state index in [-0.39, 0.29) is 11.3 Å². The first-order valence-electron chi connectivity index (χ1n) is 7.70. The van der Waals surface area contributed by atoms with Crippen LogP contribution in [0.3, 0.4) is 0 Å². The van der Waals surface area contributed by atoms with Crippen molar-refractivity contribution >= 4 is 23.4 Å². The molecule has 0 atom stereocenters. The fraction of sp³-hybridized carbons (Fsp3) is 0.0526. The van der Waals surface area contributed by atoms with Gasteiger partial charge in [0, 0.05) is 22.9 Å². The van der Waals surface area contributed by atoms with Crippen LogP contribution in [0.4, 0.5) is 5.69 Å². The van der Waals surface area contributed by atoms with Crippen molar-refractivity contribution in [1.82, 2.24) is 4.98 Å². The Morgan fingerprint density at radius 3 is 2.46 bits per heavy atom. The number of benzene rings is 2. The van der Waals surface area contributed by atoms with Crippen molar-refractivity contribution in [3.8, 4) is 11.1 Å². The molecule has 0 aliphatic carbocycles. The van der Waals surface area contributed by atoms with Crippen LogP contribution in [0.2, 0.25) is 0 Å². The van der Waals surface area contributed by atoms with Crippen molar-refractivity contribution in [2.75, 3.05) is 0 Å². The molecule has 2 aromatic carbocycles. The fourth-order valence-electron chi connectivity index (χ4n) is 2.51. The minimum absolute atomic E-state index is 0.111. The van der Waals surface area contributed by atoms with Gasteiger partial charge in [-0.25, -0.2) is 4.79 Å². The molecular formula is C19H14N2O4S. The molecule has 0 saturated heterocycles. The molecule has 0 spiro atoms. The molecule has 6 nitrogen and oxygen atoms in total. The first-order chi connectivity index (χ1) is 12.6. The number of rotatable bonds is 6. The normalized spacial score (nSPS) is 10.5. The molecule has 130 valence electrons. The van der Waals surface area contributed by atoms with E-state index in [9.17, 15) is 20.0 Å². The quantitative estimate of drug-likeness (QED) is 0.388. The number of nitro groups is 1. The minimum Gasteiger partial charge on any atom is -0.478 e. The first kappa shape index (κ1) is 17.6. The van der Waals surface area contributed by atoms with Gasteiger partial charge in [0.15, 0.2) is 0 Å². The second kappa shape index (κ2) is 7.79. The second-order valence-electron chi connectivity index (χ2n) is 5.41. The summed E-state index contributed by atoms with van der Waals surface area (Å²) in [7, 11) is 0. The molecule has 1 aromatic heterocycles. The van der Waals surface area contributed by atoms with E-state index in [1.807, 2.05) is 18.2 Å². The largest absolute Gasteiger partial charge is 0.478 e. The van der Waals surface area contributed by atoms with Crippen molar-refractivity contribution in [3.63, 3.8) is 0 Å². The maximum absolute atomic E-state index is 11.6. The smallest absolute Gasteiger partial charge is 0.335 e. The average molecular weight is 366 g/mol. The van der Waals surface area contributed by atoms with E-state index in [0.29, 0.717) is 21.8 Å². The Labute approximate surface area is 153 Å². The van der Waals surface area contributed by atoms with Crippen molar-refractivity contribution in [1.29, 1.82) is 0 Å². The van der Waals surface area contributed by atoms with Crippen molar-refractivity contribution < 1.29 is 14.8 Å². The molecule has 3 aromatic rings. The third-order valence-electron chi connectivity index (χ3n) is 3.69. The van der Waals surface area contributed by atoms with Gasteiger partial charge >= 0.3 is 5.97 Å². The van der Waals surface area contributed by atoms with E-state index < -0.39 is 10.9 Å². The van der Waals surface area contributed by atoms with Crippen molar-refractivity contribution in [2.24, 2.45) is 0 Å². The van der Waals surface area contributed by atoms with Crippen LogP contribution in [-0.4, -0.2) is 21.0 Å². The number of hydrogen-bond acceptors (Lipinski definition) is 5. The van der Waals surface area contributed by atoms with Crippen LogP contribution in [0.25, 0.3) is 11.1 Å². The molecule has 0 aliphatic rings. The predicted molar refractivity (Wildman–Crippen MR) is 99.3 cm³/mol. The molecule has 7 heteroatoms. The van der Waals surface area contributed by atoms with Gasteiger partial charge in [-0.1, -0.05) is 36.4 Å². The fourth-order valence-corrected chi connectivity index (χ4v) is 3.56. The number of carbonyl (C=O) groups is 1. The Morgan fingerprint density at radius 2 is 1.85 bits per heavy atom. The number of thioether (sulfide) groups is 1. The number of aromatic nitrogens is 1. The molecular weight excluding hydrogens is 352 g/mol. The number of hydrogen-bond donors (Lipinski definition) is 1. The number of nitro benzene ring substituents is 1. The molecule has 1 heterocycles. The molecule has 0 amide bonds. The second-order valence-corrected chi connectivity index (χ2v) is 6.42. The Morgan fingerprint density at radius 1 is 1.12 bits per heavy atom. The standard InChI is InChI=1S/C19H14N2O4S/c22-19(23)14-10-16(21(24)25)18(13-6-2-1-3-7-13)17(11-14)26-12-15-8-4-5-9-20-15/h1-11H,12H2,(H,22,23). The lowest BCUT2D eigenvalue weighted by Gasteiger charge is -2.11. The van der Waals surface area contributed by atoms with Crippen molar-refractivity contribution in [2.45, 2.75) is 10.6 Å². The summed E-state index contributed by atoms with van der Waals surface area (Å²) in [5.74, 6) is -0.728. The molecule has 3 rings (SSSR count). The van der Waals surface area contributed by atoms with Gasteiger partial charge in [-0.2, -0.15) is 0 Å². The third-order valence-corrected chi connectivity index (χ3v) is 4.76. The van der Waals surface area contributed by atoms with E-state index >= 15 is 0 Å². The van der Waals surface area contributed by atoms with E-state index in [1.54, 1.807) is 36.5 Å². The van der Waals surface area contributed by atoms with Crippen LogP contribution in [0.15, 0.2) is 71.8 Å². The van der Waals surface area contributed by atoms with Gasteiger partial charge in [-0.3, -0.25) is 15.1 Å². The molecule has 1 N–H and O–H groups in total. The summed E-state index contributed by atoms with van der Waals surface area (Å²) in [5, 5.41) is 20.9. The van der Waals surface area contributed by atoms with Gasteiger partial charge in [0.25, 0.3) is 5.69 Å². The topological polar surface area (TPSA) is 93.3 Å². The maximum atomic E-state index is 11.6. The highest BCUT2D eigenvalue weighted by Gasteiger charge is 2.23. The molecule has 0 fully saturated rings. The van der Waals surface area contributed by atoms with Crippen LogP contribution < -0.4 is 0 Å². The monoisotopic (exact) mass is 366 g/mol. The lowest BCUT2D eigenvalue weighted by molar-refractivity contribution is -0.384. The van der Waals surface area contributed by atoms with E-state index in [4.69, 9.17) is 0 Å². The first-order valence-corrected chi connectivity index (χ1v) is 8.68. The van der Waals surface area contributed by atoms with Crippen LogP contribution in [-0.2, 0) is 5.75 Å². The Kier molecular flexibility index (Phi) is 5.28. The zero-order valence-corrected chi connectivity index (χ0v) is 14.3. The Balaban J connectivity index is 2.12. The SMILES string of the molecule is O=C(O)c1cc(SCc2ccccn2)c(-c2ccccc2)c([N+](=O)[O-])c1. The lowest BCUT2D eigenvalue weighted by atomic mass is 10.0. The summed E-state index contributed by atoms with van der Waals surface area (Å²) < 4.78 is 0. The summed E-state index contributed by atoms with van der Waals surface area (Å²) in [5.41, 5.74) is 1.56. The van der Waals surface area contributed by atoms with Gasteiger partial charge in [0.1, 0.15) is 0 Å². The van der Waals surface area contributed by atoms with Gasteiger partial charge in [-0.15, -0.1) is 11.8 Å². The average Bonchev–Trinajstić information content (AvgIpc) is 2.67. The van der Waals surface area contributed by atoms with Crippen LogP contribution >= 0.6 is 11.8 Å². The van der Waals surface area contributed by atoms with E-state index in [2.05, 4.69) is 4.98 Å². The van der Waals surface area contributed by atoms with E-state index in [1.165, 1.54) is 17.8 Å². The molecule has 0 saturated carbocycles. The number of pyridine rings is 1. The highest BCUT2D eigenvalue weighted by atomic mass is 32.2.